The minimum Gasteiger partial charge on any atom is -0.472 e. The maximum absolute atomic E-state index is 5.74. The van der Waals surface area contributed by atoms with Crippen LogP contribution in [-0.4, -0.2) is 0 Å². The summed E-state index contributed by atoms with van der Waals surface area (Å²) in [6, 6.07) is 19.6. The van der Waals surface area contributed by atoms with E-state index in [1.807, 2.05) is 60.7 Å². The molecule has 0 spiro atoms. The summed E-state index contributed by atoms with van der Waals surface area (Å²) >= 11 is 0. The van der Waals surface area contributed by atoms with Crippen LogP contribution in [0.1, 0.15) is 5.56 Å². The fourth-order valence-corrected chi connectivity index (χ4v) is 1.86. The smallest absolute Gasteiger partial charge is 0.127 e. The third kappa shape index (κ3) is 3.20. The van der Waals surface area contributed by atoms with Crippen molar-refractivity contribution < 1.29 is 9.15 Å². The van der Waals surface area contributed by atoms with Gasteiger partial charge in [0.25, 0.3) is 0 Å². The molecule has 1 heterocycles. The number of furan rings is 1. The molecule has 0 fully saturated rings. The molecular formula is C17H15NO2. The summed E-state index contributed by atoms with van der Waals surface area (Å²) in [6.07, 6.45) is 3.41. The summed E-state index contributed by atoms with van der Waals surface area (Å²) in [4.78, 5) is 0. The average molecular weight is 265 g/mol. The van der Waals surface area contributed by atoms with Gasteiger partial charge in [-0.1, -0.05) is 18.2 Å². The van der Waals surface area contributed by atoms with Crippen LogP contribution in [-0.2, 0) is 6.54 Å². The number of ether oxygens (including phenoxy) is 1. The summed E-state index contributed by atoms with van der Waals surface area (Å²) in [5.41, 5.74) is 2.17. The van der Waals surface area contributed by atoms with Crippen molar-refractivity contribution in [1.82, 2.24) is 0 Å². The van der Waals surface area contributed by atoms with Crippen molar-refractivity contribution in [3.05, 3.63) is 78.8 Å². The van der Waals surface area contributed by atoms with Crippen LogP contribution >= 0.6 is 0 Å². The number of benzene rings is 2. The molecule has 3 heteroatoms. The van der Waals surface area contributed by atoms with Gasteiger partial charge >= 0.3 is 0 Å². The molecule has 2 aromatic carbocycles. The van der Waals surface area contributed by atoms with Crippen molar-refractivity contribution in [3.8, 4) is 11.5 Å². The first-order valence-corrected chi connectivity index (χ1v) is 6.48. The van der Waals surface area contributed by atoms with Crippen molar-refractivity contribution in [1.29, 1.82) is 0 Å². The number of para-hydroxylation sites is 1. The fraction of sp³-hybridized carbons (Fsp3) is 0.0588. The van der Waals surface area contributed by atoms with Gasteiger partial charge in [-0.3, -0.25) is 0 Å². The van der Waals surface area contributed by atoms with Gasteiger partial charge in [0, 0.05) is 17.8 Å². The second-order valence-corrected chi connectivity index (χ2v) is 4.42. The van der Waals surface area contributed by atoms with Gasteiger partial charge < -0.3 is 14.5 Å². The quantitative estimate of drug-likeness (QED) is 0.727. The van der Waals surface area contributed by atoms with Gasteiger partial charge in [-0.15, -0.1) is 0 Å². The third-order valence-corrected chi connectivity index (χ3v) is 2.91. The number of hydrogen-bond acceptors (Lipinski definition) is 3. The Morgan fingerprint density at radius 3 is 2.30 bits per heavy atom. The van der Waals surface area contributed by atoms with Crippen LogP contribution in [0.15, 0.2) is 77.6 Å². The zero-order chi connectivity index (χ0) is 13.6. The van der Waals surface area contributed by atoms with Crippen molar-refractivity contribution in [2.75, 3.05) is 5.32 Å². The number of rotatable bonds is 5. The molecule has 0 aliphatic rings. The molecule has 20 heavy (non-hydrogen) atoms. The first-order chi connectivity index (χ1) is 9.90. The van der Waals surface area contributed by atoms with Crippen LogP contribution in [0.2, 0.25) is 0 Å². The lowest BCUT2D eigenvalue weighted by atomic mass is 10.2. The lowest BCUT2D eigenvalue weighted by Gasteiger charge is -2.08. The van der Waals surface area contributed by atoms with Gasteiger partial charge in [0.15, 0.2) is 0 Å². The first kappa shape index (κ1) is 12.4. The largest absolute Gasteiger partial charge is 0.472 e. The van der Waals surface area contributed by atoms with Crippen LogP contribution in [0.5, 0.6) is 11.5 Å². The minimum atomic E-state index is 0.745. The van der Waals surface area contributed by atoms with E-state index in [0.717, 1.165) is 29.3 Å². The van der Waals surface area contributed by atoms with Crippen molar-refractivity contribution in [2.24, 2.45) is 0 Å². The lowest BCUT2D eigenvalue weighted by molar-refractivity contribution is 0.483. The molecular weight excluding hydrogens is 250 g/mol. The molecule has 3 nitrogen and oxygen atoms in total. The number of nitrogens with one attached hydrogen (secondary N) is 1. The highest BCUT2D eigenvalue weighted by atomic mass is 16.5. The Balaban J connectivity index is 1.60. The Bertz CT molecular complexity index is 631. The highest BCUT2D eigenvalue weighted by Gasteiger charge is 1.98. The van der Waals surface area contributed by atoms with Gasteiger partial charge in [-0.05, 0) is 42.5 Å². The Morgan fingerprint density at radius 2 is 1.60 bits per heavy atom. The van der Waals surface area contributed by atoms with Gasteiger partial charge in [0.05, 0.1) is 12.5 Å². The van der Waals surface area contributed by atoms with Gasteiger partial charge in [0.2, 0.25) is 0 Å². The second kappa shape index (κ2) is 5.97. The summed E-state index contributed by atoms with van der Waals surface area (Å²) < 4.78 is 10.8. The van der Waals surface area contributed by atoms with Gasteiger partial charge in [0.1, 0.15) is 11.5 Å². The van der Waals surface area contributed by atoms with Crippen LogP contribution < -0.4 is 10.1 Å². The normalized spacial score (nSPS) is 10.2. The Morgan fingerprint density at radius 1 is 0.850 bits per heavy atom. The molecule has 0 saturated carbocycles. The molecule has 0 amide bonds. The minimum absolute atomic E-state index is 0.745. The van der Waals surface area contributed by atoms with E-state index >= 15 is 0 Å². The molecule has 0 saturated heterocycles. The van der Waals surface area contributed by atoms with Crippen molar-refractivity contribution in [2.45, 2.75) is 6.54 Å². The monoisotopic (exact) mass is 265 g/mol. The molecule has 0 bridgehead atoms. The van der Waals surface area contributed by atoms with E-state index in [2.05, 4.69) is 5.32 Å². The fourth-order valence-electron chi connectivity index (χ4n) is 1.86. The third-order valence-electron chi connectivity index (χ3n) is 2.91. The highest BCUT2D eigenvalue weighted by molar-refractivity contribution is 5.47. The van der Waals surface area contributed by atoms with E-state index in [-0.39, 0.29) is 0 Å². The molecule has 0 atom stereocenters. The zero-order valence-electron chi connectivity index (χ0n) is 11.0. The van der Waals surface area contributed by atoms with Crippen molar-refractivity contribution >= 4 is 5.69 Å². The summed E-state index contributed by atoms with van der Waals surface area (Å²) in [7, 11) is 0. The van der Waals surface area contributed by atoms with Crippen LogP contribution in [0, 0.1) is 0 Å². The Hall–Kier alpha value is -2.68. The van der Waals surface area contributed by atoms with E-state index in [1.165, 1.54) is 0 Å². The molecule has 1 aromatic heterocycles. The Kier molecular flexibility index (Phi) is 3.69. The van der Waals surface area contributed by atoms with E-state index in [0.29, 0.717) is 0 Å². The van der Waals surface area contributed by atoms with E-state index in [4.69, 9.17) is 9.15 Å². The summed E-state index contributed by atoms with van der Waals surface area (Å²) in [6.45, 7) is 0.745. The molecule has 0 unspecified atom stereocenters. The standard InChI is InChI=1S/C17H15NO2/c1-2-4-16(5-3-1)20-17-8-6-15(7-9-17)18-12-14-10-11-19-13-14/h1-11,13,18H,12H2. The predicted octanol–water partition coefficient (Wildman–Crippen LogP) is 4.68. The van der Waals surface area contributed by atoms with E-state index < -0.39 is 0 Å². The maximum Gasteiger partial charge on any atom is 0.127 e. The van der Waals surface area contributed by atoms with E-state index in [9.17, 15) is 0 Å². The first-order valence-electron chi connectivity index (χ1n) is 6.48. The van der Waals surface area contributed by atoms with Crippen LogP contribution in [0.4, 0.5) is 5.69 Å². The molecule has 0 radical (unpaired) electrons. The highest BCUT2D eigenvalue weighted by Crippen LogP contribution is 2.22. The summed E-state index contributed by atoms with van der Waals surface area (Å²) in [5.74, 6) is 1.66. The lowest BCUT2D eigenvalue weighted by Crippen LogP contribution is -1.97. The SMILES string of the molecule is c1ccc(Oc2ccc(NCc3ccoc3)cc2)cc1. The molecule has 3 rings (SSSR count). The maximum atomic E-state index is 5.74. The molecule has 3 aromatic rings. The molecule has 0 aliphatic carbocycles. The van der Waals surface area contributed by atoms with Gasteiger partial charge in [-0.25, -0.2) is 0 Å². The van der Waals surface area contributed by atoms with E-state index in [1.54, 1.807) is 12.5 Å². The van der Waals surface area contributed by atoms with Gasteiger partial charge in [-0.2, -0.15) is 0 Å². The topological polar surface area (TPSA) is 34.4 Å². The predicted molar refractivity (Wildman–Crippen MR) is 79.0 cm³/mol. The van der Waals surface area contributed by atoms with Crippen molar-refractivity contribution in [3.63, 3.8) is 0 Å². The Labute approximate surface area is 117 Å². The molecule has 0 aliphatic heterocycles. The van der Waals surface area contributed by atoms with Crippen LogP contribution in [0.25, 0.3) is 0 Å². The summed E-state index contributed by atoms with van der Waals surface area (Å²) in [5, 5.41) is 3.32. The second-order valence-electron chi connectivity index (χ2n) is 4.42. The zero-order valence-corrected chi connectivity index (χ0v) is 11.0. The average Bonchev–Trinajstić information content (AvgIpc) is 3.01. The van der Waals surface area contributed by atoms with Crippen LogP contribution in [0.3, 0.4) is 0 Å². The number of hydrogen-bond donors (Lipinski definition) is 1. The molecule has 1 N–H and O–H groups in total. The molecule has 100 valence electrons. The number of anilines is 1.